The molecule has 0 spiro atoms. The number of rotatable bonds is 5. The van der Waals surface area contributed by atoms with Gasteiger partial charge in [-0.3, -0.25) is 4.79 Å². The second-order valence-corrected chi connectivity index (χ2v) is 8.96. The normalized spacial score (nSPS) is 16.2. The Balaban J connectivity index is 1.34. The lowest BCUT2D eigenvalue weighted by molar-refractivity contribution is -0.892. The Morgan fingerprint density at radius 2 is 1.86 bits per heavy atom. The number of quaternary nitrogens is 1. The first-order chi connectivity index (χ1) is 14.0. The molecule has 0 bridgehead atoms. The Bertz CT molecular complexity index is 960. The van der Waals surface area contributed by atoms with Crippen molar-refractivity contribution in [1.29, 1.82) is 0 Å². The molecule has 0 unspecified atom stereocenters. The number of carbonyl (C=O) groups excluding carboxylic acids is 1. The van der Waals surface area contributed by atoms with Crippen molar-refractivity contribution in [3.8, 4) is 0 Å². The standard InChI is InChI=1S/C23H28N4OS/c1-17-8-4-6-10-20(17)27-14-12-26(13-15-27)16-22(28)25(3)18(2)23-24-19-9-5-7-11-21(19)29-23/h4-11,18H,12-16H2,1-3H3/p+1/t18-/m0/s1. The van der Waals surface area contributed by atoms with E-state index in [0.717, 1.165) is 36.7 Å². The monoisotopic (exact) mass is 409 g/mol. The summed E-state index contributed by atoms with van der Waals surface area (Å²) in [6.07, 6.45) is 0. The van der Waals surface area contributed by atoms with Crippen LogP contribution < -0.4 is 9.80 Å². The minimum Gasteiger partial charge on any atom is -0.360 e. The van der Waals surface area contributed by atoms with Crippen LogP contribution in [0.4, 0.5) is 5.69 Å². The fourth-order valence-electron chi connectivity index (χ4n) is 3.95. The number of aromatic nitrogens is 1. The maximum atomic E-state index is 12.9. The van der Waals surface area contributed by atoms with Crippen molar-refractivity contribution in [3.63, 3.8) is 0 Å². The summed E-state index contributed by atoms with van der Waals surface area (Å²) in [6, 6.07) is 16.7. The van der Waals surface area contributed by atoms with Gasteiger partial charge in [-0.05, 0) is 37.6 Å². The summed E-state index contributed by atoms with van der Waals surface area (Å²) in [5.41, 5.74) is 3.65. The van der Waals surface area contributed by atoms with E-state index in [1.807, 2.05) is 30.1 Å². The highest BCUT2D eigenvalue weighted by Crippen LogP contribution is 2.28. The predicted octanol–water partition coefficient (Wildman–Crippen LogP) is 2.53. The number of para-hydroxylation sites is 2. The maximum Gasteiger partial charge on any atom is 0.278 e. The van der Waals surface area contributed by atoms with E-state index in [4.69, 9.17) is 4.98 Å². The molecule has 1 N–H and O–H groups in total. The Hall–Kier alpha value is -2.44. The number of anilines is 1. The van der Waals surface area contributed by atoms with Gasteiger partial charge in [-0.15, -0.1) is 11.3 Å². The average Bonchev–Trinajstić information content (AvgIpc) is 3.18. The van der Waals surface area contributed by atoms with Gasteiger partial charge in [-0.2, -0.15) is 0 Å². The highest BCUT2D eigenvalue weighted by molar-refractivity contribution is 7.18. The number of thiazole rings is 1. The lowest BCUT2D eigenvalue weighted by Gasteiger charge is -2.35. The molecule has 1 atom stereocenters. The second-order valence-electron chi connectivity index (χ2n) is 7.90. The zero-order valence-electron chi connectivity index (χ0n) is 17.4. The van der Waals surface area contributed by atoms with Gasteiger partial charge in [0.1, 0.15) is 5.01 Å². The molecule has 2 aromatic carbocycles. The number of carbonyl (C=O) groups is 1. The maximum absolute atomic E-state index is 12.9. The molecule has 4 rings (SSSR count). The third-order valence-electron chi connectivity index (χ3n) is 5.97. The number of hydrogen-bond acceptors (Lipinski definition) is 4. The number of aryl methyl sites for hydroxylation is 1. The van der Waals surface area contributed by atoms with Gasteiger partial charge in [0.25, 0.3) is 5.91 Å². The van der Waals surface area contributed by atoms with Crippen LogP contribution in [0.2, 0.25) is 0 Å². The molecule has 1 aliphatic rings. The van der Waals surface area contributed by atoms with Crippen LogP contribution >= 0.6 is 11.3 Å². The van der Waals surface area contributed by atoms with Crippen LogP contribution in [0, 0.1) is 6.92 Å². The number of nitrogens with one attached hydrogen (secondary N) is 1. The number of benzene rings is 2. The summed E-state index contributed by atoms with van der Waals surface area (Å²) in [4.78, 5) is 23.3. The molecular formula is C23H29N4OS+. The molecule has 1 saturated heterocycles. The van der Waals surface area contributed by atoms with E-state index in [0.29, 0.717) is 6.54 Å². The Morgan fingerprint density at radius 1 is 1.17 bits per heavy atom. The van der Waals surface area contributed by atoms with Crippen LogP contribution in [0.5, 0.6) is 0 Å². The van der Waals surface area contributed by atoms with E-state index in [1.54, 1.807) is 11.3 Å². The van der Waals surface area contributed by atoms with E-state index in [1.165, 1.54) is 20.9 Å². The molecule has 6 heteroatoms. The van der Waals surface area contributed by atoms with Gasteiger partial charge >= 0.3 is 0 Å². The van der Waals surface area contributed by atoms with Crippen LogP contribution in [0.3, 0.4) is 0 Å². The highest BCUT2D eigenvalue weighted by Gasteiger charge is 2.27. The molecule has 1 aliphatic heterocycles. The van der Waals surface area contributed by atoms with E-state index >= 15 is 0 Å². The van der Waals surface area contributed by atoms with Crippen molar-refractivity contribution in [1.82, 2.24) is 9.88 Å². The van der Waals surface area contributed by atoms with Crippen LogP contribution in [-0.4, -0.2) is 55.6 Å². The number of hydrogen-bond donors (Lipinski definition) is 1. The van der Waals surface area contributed by atoms with Gasteiger partial charge in [0.15, 0.2) is 6.54 Å². The van der Waals surface area contributed by atoms with E-state index in [9.17, 15) is 4.79 Å². The summed E-state index contributed by atoms with van der Waals surface area (Å²) >= 11 is 1.68. The van der Waals surface area contributed by atoms with Gasteiger partial charge < -0.3 is 14.7 Å². The third-order valence-corrected chi connectivity index (χ3v) is 7.18. The fraction of sp³-hybridized carbons (Fsp3) is 0.391. The molecule has 152 valence electrons. The topological polar surface area (TPSA) is 40.9 Å². The predicted molar refractivity (Wildman–Crippen MR) is 120 cm³/mol. The summed E-state index contributed by atoms with van der Waals surface area (Å²) < 4.78 is 1.17. The summed E-state index contributed by atoms with van der Waals surface area (Å²) in [5, 5.41) is 1.00. The quantitative estimate of drug-likeness (QED) is 0.704. The minimum atomic E-state index is -0.00689. The van der Waals surface area contributed by atoms with Crippen molar-refractivity contribution < 1.29 is 9.69 Å². The number of nitrogens with zero attached hydrogens (tertiary/aromatic N) is 3. The van der Waals surface area contributed by atoms with E-state index in [-0.39, 0.29) is 11.9 Å². The van der Waals surface area contributed by atoms with Crippen molar-refractivity contribution in [2.45, 2.75) is 19.9 Å². The van der Waals surface area contributed by atoms with Crippen molar-refractivity contribution in [3.05, 3.63) is 59.1 Å². The molecule has 0 aliphatic carbocycles. The third kappa shape index (κ3) is 4.28. The minimum absolute atomic E-state index is 0.00689. The molecule has 0 saturated carbocycles. The van der Waals surface area contributed by atoms with E-state index in [2.05, 4.69) is 49.1 Å². The number of likely N-dealkylation sites (N-methyl/N-ethyl adjacent to an activating group) is 1. The molecule has 3 aromatic rings. The van der Waals surface area contributed by atoms with Crippen LogP contribution in [0.25, 0.3) is 10.2 Å². The lowest BCUT2D eigenvalue weighted by Crippen LogP contribution is -3.15. The Kier molecular flexibility index (Phi) is 5.83. The smallest absolute Gasteiger partial charge is 0.278 e. The largest absolute Gasteiger partial charge is 0.360 e. The Labute approximate surface area is 176 Å². The SMILES string of the molecule is Cc1ccccc1N1CC[NH+](CC(=O)N(C)[C@@H](C)c2nc3ccccc3s2)CC1. The molecule has 1 amide bonds. The first-order valence-corrected chi connectivity index (χ1v) is 11.1. The number of piperazine rings is 1. The average molecular weight is 410 g/mol. The van der Waals surface area contributed by atoms with Gasteiger partial charge in [0, 0.05) is 12.7 Å². The molecule has 1 aromatic heterocycles. The molecule has 29 heavy (non-hydrogen) atoms. The van der Waals surface area contributed by atoms with Gasteiger partial charge in [0.05, 0.1) is 42.4 Å². The molecule has 1 fully saturated rings. The van der Waals surface area contributed by atoms with Crippen LogP contribution in [-0.2, 0) is 4.79 Å². The summed E-state index contributed by atoms with van der Waals surface area (Å²) in [5.74, 6) is 0.191. The second kappa shape index (κ2) is 8.51. The van der Waals surface area contributed by atoms with Gasteiger partial charge in [0.2, 0.25) is 0 Å². The number of amides is 1. The Morgan fingerprint density at radius 3 is 2.59 bits per heavy atom. The highest BCUT2D eigenvalue weighted by atomic mass is 32.1. The molecular weight excluding hydrogens is 380 g/mol. The summed E-state index contributed by atoms with van der Waals surface area (Å²) in [7, 11) is 1.90. The van der Waals surface area contributed by atoms with Crippen LogP contribution in [0.1, 0.15) is 23.5 Å². The van der Waals surface area contributed by atoms with Crippen molar-refractivity contribution in [2.75, 3.05) is 44.7 Å². The lowest BCUT2D eigenvalue weighted by atomic mass is 10.1. The zero-order valence-corrected chi connectivity index (χ0v) is 18.2. The zero-order chi connectivity index (χ0) is 20.4. The first-order valence-electron chi connectivity index (χ1n) is 10.3. The van der Waals surface area contributed by atoms with Crippen molar-refractivity contribution in [2.24, 2.45) is 0 Å². The number of fused-ring (bicyclic) bond motifs is 1. The fourth-order valence-corrected chi connectivity index (χ4v) is 5.01. The first kappa shape index (κ1) is 19.9. The van der Waals surface area contributed by atoms with Gasteiger partial charge in [-0.1, -0.05) is 30.3 Å². The van der Waals surface area contributed by atoms with Crippen molar-refractivity contribution >= 4 is 33.1 Å². The van der Waals surface area contributed by atoms with Crippen LogP contribution in [0.15, 0.2) is 48.5 Å². The summed E-state index contributed by atoms with van der Waals surface area (Å²) in [6.45, 7) is 8.74. The molecule has 5 nitrogen and oxygen atoms in total. The molecule has 0 radical (unpaired) electrons. The van der Waals surface area contributed by atoms with Gasteiger partial charge in [-0.25, -0.2) is 4.98 Å². The molecule has 2 heterocycles. The van der Waals surface area contributed by atoms with E-state index < -0.39 is 0 Å².